The summed E-state index contributed by atoms with van der Waals surface area (Å²) >= 11 is 5.75. The molecule has 0 heterocycles. The molecule has 0 unspecified atom stereocenters. The van der Waals surface area contributed by atoms with Crippen LogP contribution in [0.25, 0.3) is 0 Å². The highest BCUT2D eigenvalue weighted by Crippen LogP contribution is 2.24. The molecule has 0 aromatic heterocycles. The molecule has 108 valence electrons. The first-order valence-corrected chi connectivity index (χ1v) is 7.47. The first-order chi connectivity index (χ1) is 9.83. The first-order valence-electron chi connectivity index (χ1n) is 5.61. The van der Waals surface area contributed by atoms with Gasteiger partial charge in [0.1, 0.15) is 16.8 Å². The monoisotopic (exact) mass is 325 g/mol. The maximum Gasteiger partial charge on any atom is 0.264 e. The van der Waals surface area contributed by atoms with Crippen LogP contribution in [0.1, 0.15) is 5.56 Å². The zero-order valence-corrected chi connectivity index (χ0v) is 12.0. The molecular weight excluding hydrogens is 317 g/mol. The maximum absolute atomic E-state index is 13.7. The molecule has 8 heteroatoms. The third-order valence-corrected chi connectivity index (χ3v) is 4.33. The Labute approximate surface area is 125 Å². The number of nitrogen functional groups attached to an aromatic ring is 1. The van der Waals surface area contributed by atoms with Crippen LogP contribution in [-0.2, 0) is 10.0 Å². The van der Waals surface area contributed by atoms with Gasteiger partial charge < -0.3 is 5.73 Å². The number of anilines is 2. The number of nitrogens with two attached hydrogens (primary N) is 1. The summed E-state index contributed by atoms with van der Waals surface area (Å²) in [6, 6.07) is 9.08. The van der Waals surface area contributed by atoms with Crippen molar-refractivity contribution in [2.45, 2.75) is 4.90 Å². The quantitative estimate of drug-likeness (QED) is 0.848. The van der Waals surface area contributed by atoms with E-state index in [0.717, 1.165) is 12.1 Å². The summed E-state index contributed by atoms with van der Waals surface area (Å²) in [5.41, 5.74) is 5.70. The fourth-order valence-electron chi connectivity index (χ4n) is 1.62. The minimum absolute atomic E-state index is 0.104. The van der Waals surface area contributed by atoms with Crippen LogP contribution in [0.4, 0.5) is 15.8 Å². The lowest BCUT2D eigenvalue weighted by molar-refractivity contribution is 0.571. The molecule has 2 rings (SSSR count). The van der Waals surface area contributed by atoms with Crippen molar-refractivity contribution in [2.75, 3.05) is 10.5 Å². The van der Waals surface area contributed by atoms with Crippen molar-refractivity contribution in [2.24, 2.45) is 0 Å². The van der Waals surface area contributed by atoms with Gasteiger partial charge in [0.2, 0.25) is 0 Å². The first kappa shape index (κ1) is 15.1. The van der Waals surface area contributed by atoms with Gasteiger partial charge in [-0.3, -0.25) is 4.72 Å². The van der Waals surface area contributed by atoms with Gasteiger partial charge in [-0.25, -0.2) is 12.8 Å². The van der Waals surface area contributed by atoms with E-state index >= 15 is 0 Å². The fourth-order valence-corrected chi connectivity index (χ4v) is 2.89. The van der Waals surface area contributed by atoms with Gasteiger partial charge in [-0.2, -0.15) is 5.26 Å². The summed E-state index contributed by atoms with van der Waals surface area (Å²) in [5, 5.41) is 9.04. The Morgan fingerprint density at radius 2 is 1.95 bits per heavy atom. The van der Waals surface area contributed by atoms with E-state index in [4.69, 9.17) is 22.6 Å². The van der Waals surface area contributed by atoms with E-state index < -0.39 is 20.7 Å². The summed E-state index contributed by atoms with van der Waals surface area (Å²) < 4.78 is 40.1. The van der Waals surface area contributed by atoms with Crippen LogP contribution in [0.5, 0.6) is 0 Å². The predicted molar refractivity (Wildman–Crippen MR) is 77.8 cm³/mol. The molecule has 0 spiro atoms. The van der Waals surface area contributed by atoms with E-state index in [9.17, 15) is 12.8 Å². The van der Waals surface area contributed by atoms with Crippen molar-refractivity contribution in [1.82, 2.24) is 0 Å². The van der Waals surface area contributed by atoms with E-state index in [1.165, 1.54) is 24.3 Å². The van der Waals surface area contributed by atoms with Crippen molar-refractivity contribution in [3.63, 3.8) is 0 Å². The molecule has 0 saturated carbocycles. The number of benzene rings is 2. The second-order valence-electron chi connectivity index (χ2n) is 4.10. The van der Waals surface area contributed by atoms with E-state index in [0.29, 0.717) is 0 Å². The van der Waals surface area contributed by atoms with Gasteiger partial charge in [-0.05, 0) is 36.4 Å². The third-order valence-electron chi connectivity index (χ3n) is 2.58. The number of rotatable bonds is 3. The standard InChI is InChI=1S/C13H9ClFN3O2S/c14-11-3-2-10(5-8(11)7-16)18-21(19,20)13-4-1-9(17)6-12(13)15/h1-6,18H,17H2. The van der Waals surface area contributed by atoms with Crippen LogP contribution >= 0.6 is 11.6 Å². The normalized spacial score (nSPS) is 10.9. The highest BCUT2D eigenvalue weighted by atomic mass is 35.5. The van der Waals surface area contributed by atoms with E-state index in [1.54, 1.807) is 0 Å². The number of hydrogen-bond donors (Lipinski definition) is 2. The van der Waals surface area contributed by atoms with Gasteiger partial charge in [0, 0.05) is 5.69 Å². The van der Waals surface area contributed by atoms with Crippen LogP contribution in [0, 0.1) is 17.1 Å². The summed E-state index contributed by atoms with van der Waals surface area (Å²) in [7, 11) is -4.13. The number of sulfonamides is 1. The Kier molecular flexibility index (Phi) is 4.02. The molecule has 21 heavy (non-hydrogen) atoms. The molecule has 3 N–H and O–H groups in total. The van der Waals surface area contributed by atoms with Gasteiger partial charge in [-0.1, -0.05) is 11.6 Å². The molecule has 0 amide bonds. The summed E-state index contributed by atoms with van der Waals surface area (Å²) in [6.45, 7) is 0. The third kappa shape index (κ3) is 3.24. The molecule has 0 aliphatic heterocycles. The minimum Gasteiger partial charge on any atom is -0.399 e. The smallest absolute Gasteiger partial charge is 0.264 e. The van der Waals surface area contributed by atoms with Crippen LogP contribution < -0.4 is 10.5 Å². The number of halogens is 2. The molecule has 0 aliphatic carbocycles. The summed E-state index contributed by atoms with van der Waals surface area (Å²) in [5.74, 6) is -0.961. The molecule has 0 radical (unpaired) electrons. The molecule has 2 aromatic rings. The van der Waals surface area contributed by atoms with Gasteiger partial charge in [0.25, 0.3) is 10.0 Å². The molecule has 0 bridgehead atoms. The summed E-state index contributed by atoms with van der Waals surface area (Å²) in [6.07, 6.45) is 0. The van der Waals surface area contributed by atoms with E-state index in [1.807, 2.05) is 6.07 Å². The Balaban J connectivity index is 2.40. The average molecular weight is 326 g/mol. The second-order valence-corrected chi connectivity index (χ2v) is 6.16. The average Bonchev–Trinajstić information content (AvgIpc) is 2.40. The lowest BCUT2D eigenvalue weighted by Gasteiger charge is -2.10. The Morgan fingerprint density at radius 1 is 1.24 bits per heavy atom. The topological polar surface area (TPSA) is 96.0 Å². The van der Waals surface area contributed by atoms with Crippen molar-refractivity contribution in [3.05, 3.63) is 52.8 Å². The summed E-state index contributed by atoms with van der Waals surface area (Å²) in [4.78, 5) is -0.537. The van der Waals surface area contributed by atoms with Crippen LogP contribution in [0.15, 0.2) is 41.3 Å². The van der Waals surface area contributed by atoms with Crippen molar-refractivity contribution in [3.8, 4) is 6.07 Å². The predicted octanol–water partition coefficient (Wildman–Crippen LogP) is 2.73. The molecule has 0 aliphatic rings. The lowest BCUT2D eigenvalue weighted by atomic mass is 10.2. The minimum atomic E-state index is -4.13. The zero-order chi connectivity index (χ0) is 15.6. The fraction of sp³-hybridized carbons (Fsp3) is 0. The Hall–Kier alpha value is -2.30. The van der Waals surface area contributed by atoms with Gasteiger partial charge in [0.15, 0.2) is 0 Å². The van der Waals surface area contributed by atoms with Crippen molar-refractivity contribution >= 4 is 33.0 Å². The van der Waals surface area contributed by atoms with Crippen molar-refractivity contribution in [1.29, 1.82) is 5.26 Å². The number of nitrogens with zero attached hydrogens (tertiary/aromatic N) is 1. The molecule has 0 atom stereocenters. The number of nitrogens with one attached hydrogen (secondary N) is 1. The Morgan fingerprint density at radius 3 is 2.57 bits per heavy atom. The molecule has 2 aromatic carbocycles. The molecule has 5 nitrogen and oxygen atoms in total. The van der Waals surface area contributed by atoms with Gasteiger partial charge >= 0.3 is 0 Å². The molecule has 0 saturated heterocycles. The number of nitriles is 1. The van der Waals surface area contributed by atoms with Gasteiger partial charge in [0.05, 0.1) is 16.3 Å². The largest absolute Gasteiger partial charge is 0.399 e. The highest BCUT2D eigenvalue weighted by molar-refractivity contribution is 7.92. The highest BCUT2D eigenvalue weighted by Gasteiger charge is 2.19. The lowest BCUT2D eigenvalue weighted by Crippen LogP contribution is -2.14. The Bertz CT molecular complexity index is 847. The van der Waals surface area contributed by atoms with Crippen molar-refractivity contribution < 1.29 is 12.8 Å². The molecule has 0 fully saturated rings. The zero-order valence-electron chi connectivity index (χ0n) is 10.5. The second kappa shape index (κ2) is 5.60. The van der Waals surface area contributed by atoms with Crippen LogP contribution in [0.2, 0.25) is 5.02 Å². The van der Waals surface area contributed by atoms with Crippen LogP contribution in [-0.4, -0.2) is 8.42 Å². The van der Waals surface area contributed by atoms with E-state index in [-0.39, 0.29) is 22.0 Å². The van der Waals surface area contributed by atoms with E-state index in [2.05, 4.69) is 4.72 Å². The van der Waals surface area contributed by atoms with Gasteiger partial charge in [-0.15, -0.1) is 0 Å². The SMILES string of the molecule is N#Cc1cc(NS(=O)(=O)c2ccc(N)cc2F)ccc1Cl. The number of hydrogen-bond acceptors (Lipinski definition) is 4. The van der Waals surface area contributed by atoms with Crippen LogP contribution in [0.3, 0.4) is 0 Å². The maximum atomic E-state index is 13.7. The molecular formula is C13H9ClFN3O2S.